The Bertz CT molecular complexity index is 89.0. The normalized spacial score (nSPS) is 10.1. The quantitative estimate of drug-likeness (QED) is 0.381. The maximum absolute atomic E-state index is 9.92. The highest BCUT2D eigenvalue weighted by molar-refractivity contribution is 5.60. The lowest BCUT2D eigenvalue weighted by Crippen LogP contribution is -1.81. The Labute approximate surface area is 76.6 Å². The minimum atomic E-state index is 0.900. The van der Waals surface area contributed by atoms with Gasteiger partial charge in [-0.25, -0.2) is 0 Å². The smallest absolute Gasteiger partial charge is 0.123 e. The van der Waals surface area contributed by atoms with Gasteiger partial charge in [0.05, 0.1) is 0 Å². The van der Waals surface area contributed by atoms with E-state index in [9.17, 15) is 4.79 Å². The fraction of sp³-hybridized carbons (Fsp3) is 0.818. The summed E-state index contributed by atoms with van der Waals surface area (Å²) in [6.07, 6.45) is 12.8. The molecule has 0 rings (SSSR count). The van der Waals surface area contributed by atoms with Gasteiger partial charge in [-0.2, -0.15) is 0 Å². The summed E-state index contributed by atoms with van der Waals surface area (Å²) in [7, 11) is 0. The van der Waals surface area contributed by atoms with Crippen LogP contribution in [-0.4, -0.2) is 6.29 Å². The van der Waals surface area contributed by atoms with E-state index in [1.165, 1.54) is 44.9 Å². The molecule has 0 atom stereocenters. The van der Waals surface area contributed by atoms with Crippen LogP contribution in [0.25, 0.3) is 0 Å². The molecular weight excluding hydrogens is 148 g/mol. The summed E-state index contributed by atoms with van der Waals surface area (Å²) in [4.78, 5) is 9.92. The summed E-state index contributed by atoms with van der Waals surface area (Å²) in [6, 6.07) is 0. The number of unbranched alkanes of at least 4 members (excludes halogenated alkanes) is 8. The van der Waals surface area contributed by atoms with Crippen LogP contribution in [0.2, 0.25) is 0 Å². The Hall–Kier alpha value is -0.330. The average Bonchev–Trinajstić information content (AvgIpc) is 2.10. The van der Waals surface area contributed by atoms with Crippen LogP contribution >= 0.6 is 0 Å². The number of hydrogen-bond donors (Lipinski definition) is 0. The van der Waals surface area contributed by atoms with E-state index in [4.69, 9.17) is 0 Å². The molecule has 0 unspecified atom stereocenters. The van der Waals surface area contributed by atoms with E-state index in [0.29, 0.717) is 0 Å². The molecule has 0 aromatic heterocycles. The zero-order valence-electron chi connectivity index (χ0n) is 8.22. The molecule has 0 saturated carbocycles. The molecular formula is C11H21O. The van der Waals surface area contributed by atoms with Gasteiger partial charge in [0.15, 0.2) is 0 Å². The highest BCUT2D eigenvalue weighted by Crippen LogP contribution is 2.08. The van der Waals surface area contributed by atoms with Crippen molar-refractivity contribution < 1.29 is 4.79 Å². The third-order valence-electron chi connectivity index (χ3n) is 2.07. The Morgan fingerprint density at radius 2 is 1.50 bits per heavy atom. The van der Waals surface area contributed by atoms with Crippen LogP contribution in [0.3, 0.4) is 0 Å². The van der Waals surface area contributed by atoms with Gasteiger partial charge in [-0.15, -0.1) is 0 Å². The van der Waals surface area contributed by atoms with Crippen LogP contribution in [0.15, 0.2) is 0 Å². The van der Waals surface area contributed by atoms with Crippen molar-refractivity contribution in [3.8, 4) is 0 Å². The number of rotatable bonds is 9. The van der Waals surface area contributed by atoms with Crippen LogP contribution in [0, 0.1) is 6.42 Å². The van der Waals surface area contributed by atoms with Crippen LogP contribution in [0.4, 0.5) is 0 Å². The molecule has 0 aliphatic heterocycles. The predicted molar refractivity (Wildman–Crippen MR) is 53.0 cm³/mol. The highest BCUT2D eigenvalue weighted by Gasteiger charge is 1.90. The summed E-state index contributed by atoms with van der Waals surface area (Å²) in [6.45, 7) is 2.24. The molecule has 0 N–H and O–H groups in total. The molecule has 1 radical (unpaired) electrons. The van der Waals surface area contributed by atoms with Gasteiger partial charge in [-0.1, -0.05) is 51.9 Å². The second-order valence-electron chi connectivity index (χ2n) is 3.28. The maximum Gasteiger partial charge on any atom is 0.123 e. The van der Waals surface area contributed by atoms with Gasteiger partial charge in [-0.05, 0) is 6.42 Å². The van der Waals surface area contributed by atoms with E-state index in [1.807, 2.05) is 0 Å². The minimum absolute atomic E-state index is 0.900. The van der Waals surface area contributed by atoms with Crippen molar-refractivity contribution in [2.45, 2.75) is 58.3 Å². The van der Waals surface area contributed by atoms with E-state index in [2.05, 4.69) is 6.92 Å². The van der Waals surface area contributed by atoms with Crippen LogP contribution < -0.4 is 0 Å². The first-order valence-electron chi connectivity index (χ1n) is 5.18. The molecule has 0 fully saturated rings. The van der Waals surface area contributed by atoms with Crippen LogP contribution in [0.5, 0.6) is 0 Å². The maximum atomic E-state index is 9.92. The summed E-state index contributed by atoms with van der Waals surface area (Å²) in [5, 5.41) is 0. The van der Waals surface area contributed by atoms with Crippen molar-refractivity contribution in [1.82, 2.24) is 0 Å². The van der Waals surface area contributed by atoms with E-state index in [1.54, 1.807) is 6.42 Å². The Kier molecular flexibility index (Phi) is 10.4. The third kappa shape index (κ3) is 9.67. The Balaban J connectivity index is 2.77. The fourth-order valence-corrected chi connectivity index (χ4v) is 1.29. The van der Waals surface area contributed by atoms with E-state index in [0.717, 1.165) is 12.7 Å². The molecule has 1 nitrogen and oxygen atoms in total. The monoisotopic (exact) mass is 169 g/mol. The molecule has 0 aromatic rings. The predicted octanol–water partition coefficient (Wildman–Crippen LogP) is 3.53. The molecule has 0 amide bonds. The van der Waals surface area contributed by atoms with Crippen molar-refractivity contribution in [3.63, 3.8) is 0 Å². The van der Waals surface area contributed by atoms with Crippen molar-refractivity contribution >= 4 is 6.29 Å². The number of carbonyl (C=O) groups excluding carboxylic acids is 1. The molecule has 71 valence electrons. The van der Waals surface area contributed by atoms with Gasteiger partial charge in [-0.3, -0.25) is 0 Å². The topological polar surface area (TPSA) is 17.1 Å². The third-order valence-corrected chi connectivity index (χ3v) is 2.07. The van der Waals surface area contributed by atoms with Gasteiger partial charge < -0.3 is 4.79 Å². The van der Waals surface area contributed by atoms with Crippen molar-refractivity contribution in [2.75, 3.05) is 0 Å². The highest BCUT2D eigenvalue weighted by atomic mass is 16.1. The molecule has 12 heavy (non-hydrogen) atoms. The largest absolute Gasteiger partial charge is 0.303 e. The Morgan fingerprint density at radius 3 is 2.08 bits per heavy atom. The lowest BCUT2D eigenvalue weighted by molar-refractivity contribution is -0.105. The van der Waals surface area contributed by atoms with Gasteiger partial charge in [0.25, 0.3) is 0 Å². The van der Waals surface area contributed by atoms with Crippen molar-refractivity contribution in [1.29, 1.82) is 0 Å². The van der Waals surface area contributed by atoms with Crippen molar-refractivity contribution in [3.05, 3.63) is 6.42 Å². The van der Waals surface area contributed by atoms with Crippen LogP contribution in [-0.2, 0) is 4.79 Å². The molecule has 0 aliphatic carbocycles. The molecule has 0 aliphatic rings. The first kappa shape index (κ1) is 11.7. The standard InChI is InChI=1S/C11H21O/c1-2-3-4-5-6-7-8-9-10-11-12/h10-11H,2-9H2,1H3. The average molecular weight is 169 g/mol. The first-order chi connectivity index (χ1) is 5.91. The lowest BCUT2D eigenvalue weighted by atomic mass is 10.1. The molecule has 0 spiro atoms. The summed E-state index contributed by atoms with van der Waals surface area (Å²) in [5.74, 6) is 0. The van der Waals surface area contributed by atoms with Gasteiger partial charge in [0, 0.05) is 6.42 Å². The molecule has 0 saturated heterocycles. The number of hydrogen-bond acceptors (Lipinski definition) is 1. The van der Waals surface area contributed by atoms with E-state index >= 15 is 0 Å². The van der Waals surface area contributed by atoms with E-state index in [-0.39, 0.29) is 0 Å². The summed E-state index contributed by atoms with van der Waals surface area (Å²) >= 11 is 0. The molecule has 0 aromatic carbocycles. The van der Waals surface area contributed by atoms with Crippen LogP contribution in [0.1, 0.15) is 58.3 Å². The van der Waals surface area contributed by atoms with Gasteiger partial charge in [0.2, 0.25) is 0 Å². The van der Waals surface area contributed by atoms with Crippen molar-refractivity contribution in [2.24, 2.45) is 0 Å². The van der Waals surface area contributed by atoms with E-state index < -0.39 is 0 Å². The fourth-order valence-electron chi connectivity index (χ4n) is 1.29. The van der Waals surface area contributed by atoms with Gasteiger partial charge >= 0.3 is 0 Å². The van der Waals surface area contributed by atoms with Gasteiger partial charge in [0.1, 0.15) is 6.29 Å². The summed E-state index contributed by atoms with van der Waals surface area (Å²) in [5.41, 5.74) is 0. The second-order valence-corrected chi connectivity index (χ2v) is 3.28. The second kappa shape index (κ2) is 10.7. The Morgan fingerprint density at radius 1 is 0.917 bits per heavy atom. The SMILES string of the molecule is CCCCCCCCC[CH]C=O. The summed E-state index contributed by atoms with van der Waals surface area (Å²) < 4.78 is 0. The molecule has 0 bridgehead atoms. The first-order valence-corrected chi connectivity index (χ1v) is 5.18. The zero-order valence-corrected chi connectivity index (χ0v) is 8.22. The zero-order chi connectivity index (χ0) is 9.07. The minimum Gasteiger partial charge on any atom is -0.303 e. The molecule has 0 heterocycles. The lowest BCUT2D eigenvalue weighted by Gasteiger charge is -1.98. The number of aldehydes is 1. The number of carbonyl (C=O) groups is 1. The molecule has 1 heteroatoms.